The maximum absolute atomic E-state index is 12.7. The van der Waals surface area contributed by atoms with Crippen LogP contribution >= 0.6 is 11.6 Å². The lowest BCUT2D eigenvalue weighted by Crippen LogP contribution is -2.74. The molecule has 0 aromatic heterocycles. The van der Waals surface area contributed by atoms with Crippen molar-refractivity contribution in [2.24, 2.45) is 10.8 Å². The molecule has 0 spiro atoms. The highest BCUT2D eigenvalue weighted by atomic mass is 35.5. The fourth-order valence-electron chi connectivity index (χ4n) is 4.51. The molecule has 1 aliphatic carbocycles. The Labute approximate surface area is 171 Å². The fraction of sp³-hybridized carbons (Fsp3) is 0.391. The van der Waals surface area contributed by atoms with Crippen molar-refractivity contribution in [3.63, 3.8) is 0 Å². The first-order valence-corrected chi connectivity index (χ1v) is 9.66. The molecule has 146 valence electrons. The van der Waals surface area contributed by atoms with E-state index in [0.717, 1.165) is 5.56 Å². The molecule has 4 nitrogen and oxygen atoms in total. The largest absolute Gasteiger partial charge is 0.489 e. The summed E-state index contributed by atoms with van der Waals surface area (Å²) in [4.78, 5) is 16.1. The van der Waals surface area contributed by atoms with Crippen molar-refractivity contribution >= 4 is 23.2 Å². The highest BCUT2D eigenvalue weighted by molar-refractivity contribution is 6.33. The van der Waals surface area contributed by atoms with Crippen LogP contribution in [0.3, 0.4) is 0 Å². The quantitative estimate of drug-likeness (QED) is 0.662. The van der Waals surface area contributed by atoms with Crippen molar-refractivity contribution < 1.29 is 9.53 Å². The predicted molar refractivity (Wildman–Crippen MR) is 112 cm³/mol. The van der Waals surface area contributed by atoms with E-state index in [9.17, 15) is 4.79 Å². The van der Waals surface area contributed by atoms with E-state index >= 15 is 0 Å². The standard InChI is InChI=1S/C23H25ClN2O2/c1-14-7-9-15(10-8-14)19(27)26-20-22(2,3)21(23(20,4)5)28-16-11-12-18(25-6)17(24)13-16/h7-13,20-21H,1-5H3,(H,26,27). The highest BCUT2D eigenvalue weighted by Crippen LogP contribution is 2.55. The molecule has 5 heteroatoms. The molecule has 0 bridgehead atoms. The molecular formula is C23H25ClN2O2. The molecule has 0 radical (unpaired) electrons. The van der Waals surface area contributed by atoms with Gasteiger partial charge in [0.1, 0.15) is 11.9 Å². The van der Waals surface area contributed by atoms with E-state index in [2.05, 4.69) is 37.9 Å². The molecule has 3 rings (SSSR count). The van der Waals surface area contributed by atoms with E-state index in [-0.39, 0.29) is 28.9 Å². The van der Waals surface area contributed by atoms with Crippen molar-refractivity contribution in [2.75, 3.05) is 0 Å². The van der Waals surface area contributed by atoms with Gasteiger partial charge in [-0.1, -0.05) is 63.1 Å². The summed E-state index contributed by atoms with van der Waals surface area (Å²) in [7, 11) is 0. The minimum atomic E-state index is -0.269. The number of halogens is 1. The van der Waals surface area contributed by atoms with Crippen molar-refractivity contribution in [1.29, 1.82) is 0 Å². The van der Waals surface area contributed by atoms with Crippen LogP contribution in [0.4, 0.5) is 5.69 Å². The van der Waals surface area contributed by atoms with Gasteiger partial charge < -0.3 is 10.1 Å². The molecule has 1 saturated carbocycles. The van der Waals surface area contributed by atoms with Gasteiger partial charge in [0.25, 0.3) is 5.91 Å². The number of carbonyl (C=O) groups excluding carboxylic acids is 1. The average Bonchev–Trinajstić information content (AvgIpc) is 2.64. The molecule has 0 aliphatic heterocycles. The number of benzene rings is 2. The van der Waals surface area contributed by atoms with E-state index in [1.807, 2.05) is 31.2 Å². The Morgan fingerprint density at radius 2 is 1.71 bits per heavy atom. The van der Waals surface area contributed by atoms with Gasteiger partial charge in [0.15, 0.2) is 0 Å². The summed E-state index contributed by atoms with van der Waals surface area (Å²) in [6.45, 7) is 17.5. The van der Waals surface area contributed by atoms with Crippen LogP contribution < -0.4 is 10.1 Å². The van der Waals surface area contributed by atoms with Crippen LogP contribution in [-0.2, 0) is 0 Å². The third-order valence-electron chi connectivity index (χ3n) is 5.72. The SMILES string of the molecule is [C-]#[N+]c1ccc(OC2C(C)(C)C(NC(=O)c3ccc(C)cc3)C2(C)C)cc1Cl. The smallest absolute Gasteiger partial charge is 0.251 e. The summed E-state index contributed by atoms with van der Waals surface area (Å²) >= 11 is 6.14. The van der Waals surface area contributed by atoms with Crippen LogP contribution in [0.2, 0.25) is 5.02 Å². The summed E-state index contributed by atoms with van der Waals surface area (Å²) < 4.78 is 6.26. The van der Waals surface area contributed by atoms with Crippen LogP contribution in [0.25, 0.3) is 4.85 Å². The Morgan fingerprint density at radius 1 is 1.11 bits per heavy atom. The van der Waals surface area contributed by atoms with Gasteiger partial charge >= 0.3 is 0 Å². The first kappa shape index (κ1) is 20.2. The monoisotopic (exact) mass is 396 g/mol. The number of ether oxygens (including phenoxy) is 1. The molecule has 0 unspecified atom stereocenters. The molecule has 1 aliphatic rings. The van der Waals surface area contributed by atoms with Gasteiger partial charge in [-0.3, -0.25) is 4.79 Å². The van der Waals surface area contributed by atoms with Crippen molar-refractivity contribution in [3.8, 4) is 5.75 Å². The first-order chi connectivity index (χ1) is 13.1. The Hall–Kier alpha value is -2.51. The van der Waals surface area contributed by atoms with Crippen LogP contribution in [0.5, 0.6) is 5.75 Å². The lowest BCUT2D eigenvalue weighted by atomic mass is 9.49. The van der Waals surface area contributed by atoms with Crippen LogP contribution in [0, 0.1) is 24.3 Å². The van der Waals surface area contributed by atoms with Crippen LogP contribution in [0.15, 0.2) is 42.5 Å². The third kappa shape index (κ3) is 3.47. The summed E-state index contributed by atoms with van der Waals surface area (Å²) in [5.41, 5.74) is 1.65. The zero-order valence-corrected chi connectivity index (χ0v) is 17.6. The zero-order chi connectivity index (χ0) is 20.7. The second-order valence-electron chi connectivity index (χ2n) is 8.64. The highest BCUT2D eigenvalue weighted by Gasteiger charge is 2.64. The summed E-state index contributed by atoms with van der Waals surface area (Å²) in [6.07, 6.45) is -0.113. The zero-order valence-electron chi connectivity index (χ0n) is 16.8. The van der Waals surface area contributed by atoms with E-state index < -0.39 is 0 Å². The second-order valence-corrected chi connectivity index (χ2v) is 9.05. The lowest BCUT2D eigenvalue weighted by molar-refractivity contribution is -0.164. The van der Waals surface area contributed by atoms with E-state index in [1.165, 1.54) is 0 Å². The molecule has 1 N–H and O–H groups in total. The molecule has 1 fully saturated rings. The first-order valence-electron chi connectivity index (χ1n) is 9.28. The molecular weight excluding hydrogens is 372 g/mol. The topological polar surface area (TPSA) is 42.7 Å². The number of nitrogens with zero attached hydrogens (tertiary/aromatic N) is 1. The molecule has 0 saturated heterocycles. The Kier molecular flexibility index (Phi) is 5.16. The van der Waals surface area contributed by atoms with Gasteiger partial charge in [0, 0.05) is 22.4 Å². The maximum Gasteiger partial charge on any atom is 0.251 e. The third-order valence-corrected chi connectivity index (χ3v) is 6.02. The lowest BCUT2D eigenvalue weighted by Gasteiger charge is -2.63. The number of rotatable bonds is 4. The fourth-order valence-corrected chi connectivity index (χ4v) is 4.72. The number of carbonyl (C=O) groups is 1. The molecule has 2 aromatic rings. The number of amides is 1. The van der Waals surface area contributed by atoms with Crippen molar-refractivity contribution in [1.82, 2.24) is 5.32 Å². The predicted octanol–water partition coefficient (Wildman–Crippen LogP) is 5.81. The van der Waals surface area contributed by atoms with E-state index in [0.29, 0.717) is 22.0 Å². The molecule has 2 aromatic carbocycles. The summed E-state index contributed by atoms with van der Waals surface area (Å²) in [6, 6.07) is 12.6. The molecule has 1 amide bonds. The number of nitrogens with one attached hydrogen (secondary N) is 1. The van der Waals surface area contributed by atoms with E-state index in [4.69, 9.17) is 22.9 Å². The Bertz CT molecular complexity index is 926. The minimum absolute atomic E-state index is 0.0446. The van der Waals surface area contributed by atoms with Gasteiger partial charge in [-0.05, 0) is 31.2 Å². The van der Waals surface area contributed by atoms with Crippen molar-refractivity contribution in [3.05, 3.63) is 70.0 Å². The van der Waals surface area contributed by atoms with Gasteiger partial charge in [0.2, 0.25) is 5.69 Å². The Balaban J connectivity index is 1.76. The van der Waals surface area contributed by atoms with Gasteiger partial charge in [-0.15, -0.1) is 0 Å². The number of hydrogen-bond acceptors (Lipinski definition) is 2. The number of hydrogen-bond donors (Lipinski definition) is 1. The maximum atomic E-state index is 12.7. The minimum Gasteiger partial charge on any atom is -0.489 e. The average molecular weight is 397 g/mol. The summed E-state index contributed by atoms with van der Waals surface area (Å²) in [5.74, 6) is 0.556. The van der Waals surface area contributed by atoms with E-state index in [1.54, 1.807) is 18.2 Å². The normalized spacial score (nSPS) is 21.9. The second kappa shape index (κ2) is 7.14. The molecule has 28 heavy (non-hydrogen) atoms. The van der Waals surface area contributed by atoms with Gasteiger partial charge in [-0.2, -0.15) is 0 Å². The summed E-state index contributed by atoms with van der Waals surface area (Å²) in [5, 5.41) is 3.57. The Morgan fingerprint density at radius 3 is 2.25 bits per heavy atom. The molecule has 0 heterocycles. The van der Waals surface area contributed by atoms with Crippen LogP contribution in [-0.4, -0.2) is 18.1 Å². The van der Waals surface area contributed by atoms with Gasteiger partial charge in [-0.25, -0.2) is 4.85 Å². The number of aryl methyl sites for hydroxylation is 1. The van der Waals surface area contributed by atoms with Gasteiger partial charge in [0.05, 0.1) is 11.6 Å². The molecule has 0 atom stereocenters. The van der Waals surface area contributed by atoms with Crippen molar-refractivity contribution in [2.45, 2.75) is 46.8 Å². The van der Waals surface area contributed by atoms with Crippen LogP contribution in [0.1, 0.15) is 43.6 Å².